The minimum atomic E-state index is 0.297. The number of rotatable bonds is 10. The van der Waals surface area contributed by atoms with Crippen LogP contribution in [-0.4, -0.2) is 12.7 Å². The summed E-state index contributed by atoms with van der Waals surface area (Å²) in [6.45, 7) is 7.34. The zero-order valence-corrected chi connectivity index (χ0v) is 12.7. The number of hydrogen-bond donors (Lipinski definition) is 0. The van der Waals surface area contributed by atoms with E-state index in [9.17, 15) is 0 Å². The van der Waals surface area contributed by atoms with E-state index in [1.165, 1.54) is 12.8 Å². The number of benzene rings is 1. The first-order valence-corrected chi connectivity index (χ1v) is 7.70. The van der Waals surface area contributed by atoms with Gasteiger partial charge in [0, 0.05) is 0 Å². The highest BCUT2D eigenvalue weighted by molar-refractivity contribution is 5.39. The van der Waals surface area contributed by atoms with Crippen LogP contribution in [0.3, 0.4) is 0 Å². The van der Waals surface area contributed by atoms with Crippen molar-refractivity contribution in [2.24, 2.45) is 0 Å². The molecule has 0 radical (unpaired) electrons. The van der Waals surface area contributed by atoms with Crippen molar-refractivity contribution in [3.8, 4) is 11.5 Å². The Balaban J connectivity index is 2.56. The Morgan fingerprint density at radius 1 is 0.947 bits per heavy atom. The molecule has 1 aromatic rings. The Hall–Kier alpha value is -1.18. The third-order valence-corrected chi connectivity index (χ3v) is 3.21. The normalized spacial score (nSPS) is 12.2. The fourth-order valence-electron chi connectivity index (χ4n) is 2.05. The van der Waals surface area contributed by atoms with Gasteiger partial charge >= 0.3 is 0 Å². The third kappa shape index (κ3) is 6.00. The van der Waals surface area contributed by atoms with E-state index < -0.39 is 0 Å². The van der Waals surface area contributed by atoms with E-state index in [0.717, 1.165) is 43.8 Å². The predicted octanol–water partition coefficient (Wildman–Crippen LogP) is 5.21. The summed E-state index contributed by atoms with van der Waals surface area (Å²) in [5.74, 6) is 1.77. The van der Waals surface area contributed by atoms with Crippen molar-refractivity contribution in [2.45, 2.75) is 65.4 Å². The average Bonchev–Trinajstić information content (AvgIpc) is 2.44. The highest BCUT2D eigenvalue weighted by Gasteiger charge is 2.10. The van der Waals surface area contributed by atoms with Crippen LogP contribution < -0.4 is 9.47 Å². The van der Waals surface area contributed by atoms with Gasteiger partial charge in [-0.1, -0.05) is 52.2 Å². The fourth-order valence-corrected chi connectivity index (χ4v) is 2.05. The Morgan fingerprint density at radius 3 is 2.32 bits per heavy atom. The van der Waals surface area contributed by atoms with E-state index in [2.05, 4.69) is 20.8 Å². The molecule has 2 nitrogen and oxygen atoms in total. The molecule has 1 atom stereocenters. The van der Waals surface area contributed by atoms with Crippen molar-refractivity contribution in [1.29, 1.82) is 0 Å². The summed E-state index contributed by atoms with van der Waals surface area (Å²) in [6.07, 6.45) is 7.13. The summed E-state index contributed by atoms with van der Waals surface area (Å²) in [4.78, 5) is 0. The van der Waals surface area contributed by atoms with Gasteiger partial charge in [-0.25, -0.2) is 0 Å². The smallest absolute Gasteiger partial charge is 0.161 e. The maximum Gasteiger partial charge on any atom is 0.161 e. The van der Waals surface area contributed by atoms with Gasteiger partial charge < -0.3 is 9.47 Å². The van der Waals surface area contributed by atoms with Gasteiger partial charge in [0.2, 0.25) is 0 Å². The van der Waals surface area contributed by atoms with Gasteiger partial charge in [0.05, 0.1) is 12.7 Å². The van der Waals surface area contributed by atoms with Crippen LogP contribution in [0.1, 0.15) is 59.3 Å². The van der Waals surface area contributed by atoms with Crippen molar-refractivity contribution in [3.05, 3.63) is 24.3 Å². The summed E-state index contributed by atoms with van der Waals surface area (Å²) in [5.41, 5.74) is 0. The molecule has 0 N–H and O–H groups in total. The second kappa shape index (κ2) is 9.71. The van der Waals surface area contributed by atoms with Crippen molar-refractivity contribution in [2.75, 3.05) is 6.61 Å². The van der Waals surface area contributed by atoms with E-state index in [0.29, 0.717) is 6.10 Å². The topological polar surface area (TPSA) is 18.5 Å². The lowest BCUT2D eigenvalue weighted by molar-refractivity contribution is 0.174. The monoisotopic (exact) mass is 264 g/mol. The molecule has 1 aromatic carbocycles. The van der Waals surface area contributed by atoms with Gasteiger partial charge in [0.15, 0.2) is 11.5 Å². The summed E-state index contributed by atoms with van der Waals surface area (Å²) in [7, 11) is 0. The first-order valence-electron chi connectivity index (χ1n) is 7.70. The minimum absolute atomic E-state index is 0.297. The van der Waals surface area contributed by atoms with Crippen LogP contribution in [0.4, 0.5) is 0 Å². The first kappa shape index (κ1) is 15.9. The molecule has 108 valence electrons. The molecule has 2 heteroatoms. The first-order chi connectivity index (χ1) is 9.31. The molecule has 0 aliphatic heterocycles. The van der Waals surface area contributed by atoms with Crippen LogP contribution in [0.15, 0.2) is 24.3 Å². The molecule has 0 heterocycles. The van der Waals surface area contributed by atoms with Crippen LogP contribution >= 0.6 is 0 Å². The molecule has 0 aliphatic rings. The van der Waals surface area contributed by atoms with Gasteiger partial charge in [-0.15, -0.1) is 0 Å². The molecule has 1 rings (SSSR count). The highest BCUT2D eigenvalue weighted by atomic mass is 16.5. The minimum Gasteiger partial charge on any atom is -0.490 e. The summed E-state index contributed by atoms with van der Waals surface area (Å²) >= 11 is 0. The molecule has 0 amide bonds. The third-order valence-electron chi connectivity index (χ3n) is 3.21. The standard InChI is InChI=1S/C17H28O2/c1-4-7-10-14-18-16-12-8-9-13-17(16)19-15(6-3)11-5-2/h8-9,12-13,15H,4-7,10-11,14H2,1-3H3. The lowest BCUT2D eigenvalue weighted by Crippen LogP contribution is -2.15. The van der Waals surface area contributed by atoms with Crippen LogP contribution in [0.2, 0.25) is 0 Å². The number of para-hydroxylation sites is 2. The largest absolute Gasteiger partial charge is 0.490 e. The Morgan fingerprint density at radius 2 is 1.68 bits per heavy atom. The number of unbranched alkanes of at least 4 members (excludes halogenated alkanes) is 2. The quantitative estimate of drug-likeness (QED) is 0.540. The van der Waals surface area contributed by atoms with Gasteiger partial charge in [0.25, 0.3) is 0 Å². The van der Waals surface area contributed by atoms with Crippen LogP contribution in [0.25, 0.3) is 0 Å². The van der Waals surface area contributed by atoms with Gasteiger partial charge in [-0.05, 0) is 31.4 Å². The SMILES string of the molecule is CCCCCOc1ccccc1OC(CC)CCC. The molecule has 0 aliphatic carbocycles. The Bertz CT molecular complexity index is 336. The second-order valence-corrected chi connectivity index (χ2v) is 4.94. The molecular weight excluding hydrogens is 236 g/mol. The average molecular weight is 264 g/mol. The van der Waals surface area contributed by atoms with E-state index in [1.807, 2.05) is 24.3 Å². The zero-order chi connectivity index (χ0) is 13.9. The summed E-state index contributed by atoms with van der Waals surface area (Å²) in [5, 5.41) is 0. The van der Waals surface area contributed by atoms with Crippen LogP contribution in [-0.2, 0) is 0 Å². The number of hydrogen-bond acceptors (Lipinski definition) is 2. The van der Waals surface area contributed by atoms with Crippen molar-refractivity contribution in [3.63, 3.8) is 0 Å². The van der Waals surface area contributed by atoms with E-state index in [-0.39, 0.29) is 0 Å². The van der Waals surface area contributed by atoms with E-state index in [4.69, 9.17) is 9.47 Å². The van der Waals surface area contributed by atoms with Gasteiger partial charge in [0.1, 0.15) is 0 Å². The second-order valence-electron chi connectivity index (χ2n) is 4.94. The zero-order valence-electron chi connectivity index (χ0n) is 12.7. The molecule has 19 heavy (non-hydrogen) atoms. The van der Waals surface area contributed by atoms with E-state index >= 15 is 0 Å². The summed E-state index contributed by atoms with van der Waals surface area (Å²) < 4.78 is 11.9. The predicted molar refractivity (Wildman–Crippen MR) is 81.1 cm³/mol. The lowest BCUT2D eigenvalue weighted by Gasteiger charge is -2.19. The Labute approximate surface area is 118 Å². The Kier molecular flexibility index (Phi) is 8.11. The maximum atomic E-state index is 6.07. The van der Waals surface area contributed by atoms with Crippen LogP contribution in [0, 0.1) is 0 Å². The van der Waals surface area contributed by atoms with E-state index in [1.54, 1.807) is 0 Å². The lowest BCUT2D eigenvalue weighted by atomic mass is 10.1. The van der Waals surface area contributed by atoms with Crippen LogP contribution in [0.5, 0.6) is 11.5 Å². The fraction of sp³-hybridized carbons (Fsp3) is 0.647. The number of ether oxygens (including phenoxy) is 2. The van der Waals surface area contributed by atoms with Crippen molar-refractivity contribution < 1.29 is 9.47 Å². The molecule has 0 aromatic heterocycles. The molecule has 0 fully saturated rings. The molecule has 0 saturated carbocycles. The molecule has 1 unspecified atom stereocenters. The molecule has 0 saturated heterocycles. The maximum absolute atomic E-state index is 6.07. The van der Waals surface area contributed by atoms with Gasteiger partial charge in [-0.2, -0.15) is 0 Å². The highest BCUT2D eigenvalue weighted by Crippen LogP contribution is 2.28. The molecule has 0 bridgehead atoms. The molecule has 0 spiro atoms. The molecular formula is C17H28O2. The van der Waals surface area contributed by atoms with Gasteiger partial charge in [-0.3, -0.25) is 0 Å². The van der Waals surface area contributed by atoms with Crippen molar-refractivity contribution in [1.82, 2.24) is 0 Å². The van der Waals surface area contributed by atoms with Crippen molar-refractivity contribution >= 4 is 0 Å². The summed E-state index contributed by atoms with van der Waals surface area (Å²) in [6, 6.07) is 8.02.